The standard InChI is InChI=1S/C30H36N4O6/c1-7-38-29(36)26-19(3)32-20(4)27(30(37)39-8-2)28(26)22-11-15-24(16-12-22)40-18-25(35)33-31-17-21-9-13-23(14-10-21)34(5)6/h9-17,28,32H,7-8,18H2,1-6H3,(H,33,35)/b31-17+. The van der Waals surface area contributed by atoms with Crippen molar-refractivity contribution in [3.05, 3.63) is 82.2 Å². The number of benzene rings is 2. The molecule has 2 aromatic rings. The molecule has 0 saturated heterocycles. The largest absolute Gasteiger partial charge is 0.484 e. The second-order valence-corrected chi connectivity index (χ2v) is 9.21. The molecule has 0 radical (unpaired) electrons. The number of anilines is 1. The lowest BCUT2D eigenvalue weighted by Gasteiger charge is -2.30. The van der Waals surface area contributed by atoms with Gasteiger partial charge >= 0.3 is 11.9 Å². The minimum absolute atomic E-state index is 0.196. The molecule has 3 rings (SSSR count). The number of dihydropyridines is 1. The zero-order valence-corrected chi connectivity index (χ0v) is 23.7. The van der Waals surface area contributed by atoms with E-state index in [1.807, 2.05) is 43.3 Å². The summed E-state index contributed by atoms with van der Waals surface area (Å²) < 4.78 is 16.2. The van der Waals surface area contributed by atoms with Crippen LogP contribution in [0.25, 0.3) is 0 Å². The van der Waals surface area contributed by atoms with Crippen LogP contribution in [0, 0.1) is 0 Å². The van der Waals surface area contributed by atoms with E-state index >= 15 is 0 Å². The topological polar surface area (TPSA) is 119 Å². The van der Waals surface area contributed by atoms with Gasteiger partial charge in [0.25, 0.3) is 5.91 Å². The van der Waals surface area contributed by atoms with Crippen LogP contribution in [0.3, 0.4) is 0 Å². The normalized spacial score (nSPS) is 13.7. The van der Waals surface area contributed by atoms with Crippen LogP contribution in [-0.2, 0) is 23.9 Å². The second kappa shape index (κ2) is 14.0. The highest BCUT2D eigenvalue weighted by atomic mass is 16.5. The van der Waals surface area contributed by atoms with Gasteiger partial charge < -0.3 is 24.4 Å². The maximum Gasteiger partial charge on any atom is 0.336 e. The Bertz CT molecular complexity index is 1270. The van der Waals surface area contributed by atoms with Crippen molar-refractivity contribution in [1.82, 2.24) is 10.7 Å². The number of carbonyl (C=O) groups excluding carboxylic acids is 3. The number of nitrogens with zero attached hydrogens (tertiary/aromatic N) is 2. The van der Waals surface area contributed by atoms with Crippen LogP contribution in [0.2, 0.25) is 0 Å². The number of hydrogen-bond acceptors (Lipinski definition) is 9. The first-order valence-corrected chi connectivity index (χ1v) is 13.0. The predicted molar refractivity (Wildman–Crippen MR) is 153 cm³/mol. The van der Waals surface area contributed by atoms with E-state index < -0.39 is 23.8 Å². The summed E-state index contributed by atoms with van der Waals surface area (Å²) in [6.07, 6.45) is 1.55. The van der Waals surface area contributed by atoms with Gasteiger partial charge in [0.2, 0.25) is 0 Å². The molecule has 1 heterocycles. The van der Waals surface area contributed by atoms with E-state index in [0.717, 1.165) is 11.3 Å². The van der Waals surface area contributed by atoms with E-state index in [-0.39, 0.29) is 19.8 Å². The lowest BCUT2D eigenvalue weighted by Crippen LogP contribution is -2.32. The average Bonchev–Trinajstić information content (AvgIpc) is 2.92. The van der Waals surface area contributed by atoms with Gasteiger partial charge in [-0.05, 0) is 63.1 Å². The Hall–Kier alpha value is -4.60. The fraction of sp³-hybridized carbons (Fsp3) is 0.333. The zero-order chi connectivity index (χ0) is 29.2. The van der Waals surface area contributed by atoms with Crippen LogP contribution in [-0.4, -0.2) is 58.0 Å². The van der Waals surface area contributed by atoms with E-state index in [1.54, 1.807) is 58.2 Å². The number of hydrazone groups is 1. The van der Waals surface area contributed by atoms with Gasteiger partial charge in [-0.3, -0.25) is 4.79 Å². The van der Waals surface area contributed by atoms with Crippen LogP contribution in [0.1, 0.15) is 44.7 Å². The highest BCUT2D eigenvalue weighted by molar-refractivity contribution is 5.99. The van der Waals surface area contributed by atoms with Gasteiger partial charge in [0.1, 0.15) is 5.75 Å². The summed E-state index contributed by atoms with van der Waals surface area (Å²) in [7, 11) is 3.92. The molecule has 2 N–H and O–H groups in total. The summed E-state index contributed by atoms with van der Waals surface area (Å²) >= 11 is 0. The number of hydrogen-bond donors (Lipinski definition) is 2. The number of allylic oxidation sites excluding steroid dienone is 2. The highest BCUT2D eigenvalue weighted by Crippen LogP contribution is 2.39. The molecule has 0 atom stereocenters. The van der Waals surface area contributed by atoms with Gasteiger partial charge in [-0.25, -0.2) is 15.0 Å². The maximum atomic E-state index is 12.9. The number of amides is 1. The fourth-order valence-electron chi connectivity index (χ4n) is 4.26. The molecule has 0 saturated carbocycles. The number of esters is 2. The molecule has 0 aromatic heterocycles. The van der Waals surface area contributed by atoms with Crippen LogP contribution < -0.4 is 20.4 Å². The monoisotopic (exact) mass is 548 g/mol. The molecular weight excluding hydrogens is 512 g/mol. The van der Waals surface area contributed by atoms with Crippen LogP contribution in [0.4, 0.5) is 5.69 Å². The summed E-state index contributed by atoms with van der Waals surface area (Å²) in [5, 5.41) is 7.09. The molecule has 0 spiro atoms. The SMILES string of the molecule is CCOC(=O)C1=C(C)NC(C)=C(C(=O)OCC)C1c1ccc(OCC(=O)N/N=C/c2ccc(N(C)C)cc2)cc1. The van der Waals surface area contributed by atoms with Gasteiger partial charge in [0.15, 0.2) is 6.61 Å². The third kappa shape index (κ3) is 7.49. The molecule has 40 heavy (non-hydrogen) atoms. The summed E-state index contributed by atoms with van der Waals surface area (Å²) in [6, 6.07) is 14.6. The molecule has 0 fully saturated rings. The summed E-state index contributed by atoms with van der Waals surface area (Å²) in [4.78, 5) is 40.0. The third-order valence-corrected chi connectivity index (χ3v) is 6.15. The minimum atomic E-state index is -0.696. The maximum absolute atomic E-state index is 12.9. The van der Waals surface area contributed by atoms with Gasteiger partial charge in [-0.2, -0.15) is 5.10 Å². The Morgan fingerprint density at radius 2 is 1.45 bits per heavy atom. The smallest absolute Gasteiger partial charge is 0.336 e. The minimum Gasteiger partial charge on any atom is -0.484 e. The Balaban J connectivity index is 1.70. The van der Waals surface area contributed by atoms with Crippen molar-refractivity contribution < 1.29 is 28.6 Å². The van der Waals surface area contributed by atoms with Crippen molar-refractivity contribution in [2.75, 3.05) is 38.8 Å². The molecule has 0 bridgehead atoms. The van der Waals surface area contributed by atoms with Crippen molar-refractivity contribution in [3.8, 4) is 5.75 Å². The van der Waals surface area contributed by atoms with Gasteiger partial charge in [0, 0.05) is 31.2 Å². The number of nitrogens with one attached hydrogen (secondary N) is 2. The Kier molecular flexibility index (Phi) is 10.5. The van der Waals surface area contributed by atoms with Crippen molar-refractivity contribution in [3.63, 3.8) is 0 Å². The Morgan fingerprint density at radius 3 is 1.95 bits per heavy atom. The summed E-state index contributed by atoms with van der Waals surface area (Å²) in [5.41, 5.74) is 6.88. The lowest BCUT2D eigenvalue weighted by molar-refractivity contribution is -0.139. The quantitative estimate of drug-likeness (QED) is 0.248. The van der Waals surface area contributed by atoms with Gasteiger partial charge in [-0.15, -0.1) is 0 Å². The van der Waals surface area contributed by atoms with E-state index in [9.17, 15) is 14.4 Å². The molecule has 0 unspecified atom stereocenters. The van der Waals surface area contributed by atoms with E-state index in [1.165, 1.54) is 0 Å². The number of rotatable bonds is 11. The molecular formula is C30H36N4O6. The molecule has 1 amide bonds. The predicted octanol–water partition coefficient (Wildman–Crippen LogP) is 3.64. The van der Waals surface area contributed by atoms with E-state index in [2.05, 4.69) is 15.8 Å². The molecule has 1 aliphatic heterocycles. The molecule has 0 aliphatic carbocycles. The molecule has 10 heteroatoms. The average molecular weight is 549 g/mol. The zero-order valence-electron chi connectivity index (χ0n) is 23.7. The van der Waals surface area contributed by atoms with E-state index in [4.69, 9.17) is 14.2 Å². The first-order valence-electron chi connectivity index (χ1n) is 13.0. The Labute approximate surface area is 234 Å². The first kappa shape index (κ1) is 29.9. The lowest BCUT2D eigenvalue weighted by atomic mass is 9.80. The van der Waals surface area contributed by atoms with Crippen molar-refractivity contribution in [2.24, 2.45) is 5.10 Å². The second-order valence-electron chi connectivity index (χ2n) is 9.21. The van der Waals surface area contributed by atoms with Crippen molar-refractivity contribution in [2.45, 2.75) is 33.6 Å². The first-order chi connectivity index (χ1) is 19.2. The number of carbonyl (C=O) groups is 3. The van der Waals surface area contributed by atoms with Crippen molar-refractivity contribution >= 4 is 29.7 Å². The van der Waals surface area contributed by atoms with Gasteiger partial charge in [0.05, 0.1) is 36.5 Å². The van der Waals surface area contributed by atoms with Crippen LogP contribution in [0.5, 0.6) is 5.75 Å². The highest BCUT2D eigenvalue weighted by Gasteiger charge is 2.37. The number of ether oxygens (including phenoxy) is 3. The third-order valence-electron chi connectivity index (χ3n) is 6.15. The van der Waals surface area contributed by atoms with Gasteiger partial charge in [-0.1, -0.05) is 24.3 Å². The molecule has 212 valence electrons. The molecule has 1 aliphatic rings. The van der Waals surface area contributed by atoms with E-state index in [0.29, 0.717) is 33.9 Å². The van der Waals surface area contributed by atoms with Crippen LogP contribution in [0.15, 0.2) is 76.2 Å². The van der Waals surface area contributed by atoms with Crippen LogP contribution >= 0.6 is 0 Å². The van der Waals surface area contributed by atoms with Crippen molar-refractivity contribution in [1.29, 1.82) is 0 Å². The summed E-state index contributed by atoms with van der Waals surface area (Å²) in [6.45, 7) is 7.13. The molecule has 10 nitrogen and oxygen atoms in total. The fourth-order valence-corrected chi connectivity index (χ4v) is 4.26. The Morgan fingerprint density at radius 1 is 0.900 bits per heavy atom. The molecule has 2 aromatic carbocycles. The summed E-state index contributed by atoms with van der Waals surface area (Å²) in [5.74, 6) is -1.71.